The van der Waals surface area contributed by atoms with Crippen LogP contribution in [0.4, 0.5) is 5.82 Å². The van der Waals surface area contributed by atoms with E-state index in [4.69, 9.17) is 27.3 Å². The van der Waals surface area contributed by atoms with Crippen LogP contribution in [0.1, 0.15) is 31.4 Å². The molecule has 2 fully saturated rings. The number of anilines is 1. The lowest BCUT2D eigenvalue weighted by atomic mass is 9.89. The predicted molar refractivity (Wildman–Crippen MR) is 86.0 cm³/mol. The molecule has 0 saturated carbocycles. The molecule has 2 atom stereocenters. The number of amides is 1. The molecule has 1 amide bonds. The van der Waals surface area contributed by atoms with E-state index in [1.54, 1.807) is 6.07 Å². The molecule has 2 aliphatic heterocycles. The fourth-order valence-electron chi connectivity index (χ4n) is 3.41. The Balaban J connectivity index is 1.59. The van der Waals surface area contributed by atoms with Gasteiger partial charge in [-0.25, -0.2) is 4.98 Å². The van der Waals surface area contributed by atoms with Gasteiger partial charge in [-0.3, -0.25) is 4.79 Å². The number of piperidine rings is 1. The van der Waals surface area contributed by atoms with Gasteiger partial charge in [0.05, 0.1) is 11.1 Å². The summed E-state index contributed by atoms with van der Waals surface area (Å²) >= 11 is 5.93. The van der Waals surface area contributed by atoms with E-state index in [1.807, 2.05) is 12.1 Å². The van der Waals surface area contributed by atoms with E-state index in [2.05, 4.69) is 9.88 Å². The fraction of sp³-hybridized carbons (Fsp3) is 0.562. The average molecular weight is 335 g/mol. The Hall–Kier alpha value is -1.84. The van der Waals surface area contributed by atoms with Gasteiger partial charge < -0.3 is 15.4 Å². The largest absolute Gasteiger partial charge is 0.367 e. The molecule has 2 N–H and O–H groups in total. The van der Waals surface area contributed by atoms with E-state index < -0.39 is 6.10 Å². The number of halogens is 1. The summed E-state index contributed by atoms with van der Waals surface area (Å²) in [5.41, 5.74) is 5.57. The molecule has 23 heavy (non-hydrogen) atoms. The van der Waals surface area contributed by atoms with E-state index in [0.717, 1.165) is 44.6 Å². The number of carbonyl (C=O) groups is 1. The van der Waals surface area contributed by atoms with Crippen LogP contribution < -0.4 is 10.6 Å². The summed E-state index contributed by atoms with van der Waals surface area (Å²) in [6, 6.07) is 5.57. The van der Waals surface area contributed by atoms with Crippen molar-refractivity contribution in [3.63, 3.8) is 0 Å². The maximum atomic E-state index is 11.2. The highest BCUT2D eigenvalue weighted by atomic mass is 35.5. The topological polar surface area (TPSA) is 92.2 Å². The molecule has 3 heterocycles. The second-order valence-corrected chi connectivity index (χ2v) is 6.49. The molecule has 0 spiro atoms. The van der Waals surface area contributed by atoms with Gasteiger partial charge in [0.1, 0.15) is 18.0 Å². The Morgan fingerprint density at radius 3 is 2.70 bits per heavy atom. The summed E-state index contributed by atoms with van der Waals surface area (Å²) in [7, 11) is 0. The number of nitriles is 1. The number of rotatable bonds is 3. The first-order chi connectivity index (χ1) is 11.1. The maximum absolute atomic E-state index is 11.2. The van der Waals surface area contributed by atoms with Crippen LogP contribution in [-0.4, -0.2) is 36.2 Å². The molecule has 0 unspecified atom stereocenters. The number of nitrogens with two attached hydrogens (primary N) is 1. The summed E-state index contributed by atoms with van der Waals surface area (Å²) in [4.78, 5) is 17.7. The molecule has 0 aromatic carbocycles. The summed E-state index contributed by atoms with van der Waals surface area (Å²) in [6.45, 7) is 1.70. The zero-order chi connectivity index (χ0) is 16.4. The van der Waals surface area contributed by atoms with Gasteiger partial charge >= 0.3 is 0 Å². The number of primary amides is 1. The normalized spacial score (nSPS) is 25.3. The molecule has 6 nitrogen and oxygen atoms in total. The highest BCUT2D eigenvalue weighted by Crippen LogP contribution is 2.33. The van der Waals surface area contributed by atoms with Crippen molar-refractivity contribution in [2.75, 3.05) is 18.0 Å². The van der Waals surface area contributed by atoms with Crippen molar-refractivity contribution in [2.24, 2.45) is 11.7 Å². The molecular formula is C16H19ClN4O2. The Labute approximate surface area is 140 Å². The third-order valence-corrected chi connectivity index (χ3v) is 5.00. The first-order valence-electron chi connectivity index (χ1n) is 7.85. The molecule has 2 aliphatic rings. The van der Waals surface area contributed by atoms with E-state index in [0.29, 0.717) is 10.9 Å². The van der Waals surface area contributed by atoms with E-state index in [9.17, 15) is 4.79 Å². The number of pyridine rings is 1. The standard InChI is InChI=1S/C16H19ClN4O2/c17-11-1-4-15(20-12(11)9-18)21-7-5-10(6-8-21)13-2-3-14(23-13)16(19)22/h1,4,10,13-14H,2-3,5-8H2,(H2,19,22)/t13-,14+/m0/s1. The number of aromatic nitrogens is 1. The van der Waals surface area contributed by atoms with Crippen molar-refractivity contribution in [1.29, 1.82) is 5.26 Å². The van der Waals surface area contributed by atoms with E-state index in [1.165, 1.54) is 0 Å². The highest BCUT2D eigenvalue weighted by Gasteiger charge is 2.35. The molecule has 0 bridgehead atoms. The Kier molecular flexibility index (Phi) is 4.69. The number of ether oxygens (including phenoxy) is 1. The second kappa shape index (κ2) is 6.73. The fourth-order valence-corrected chi connectivity index (χ4v) is 3.55. The van der Waals surface area contributed by atoms with Gasteiger partial charge in [-0.15, -0.1) is 0 Å². The summed E-state index contributed by atoms with van der Waals surface area (Å²) in [5.74, 6) is 0.865. The number of nitrogens with zero attached hydrogens (tertiary/aromatic N) is 3. The minimum Gasteiger partial charge on any atom is -0.367 e. The van der Waals surface area contributed by atoms with Gasteiger partial charge in [0.2, 0.25) is 5.91 Å². The Bertz CT molecular complexity index is 637. The first kappa shape index (κ1) is 16.0. The maximum Gasteiger partial charge on any atom is 0.246 e. The van der Waals surface area contributed by atoms with Crippen molar-refractivity contribution in [1.82, 2.24) is 4.98 Å². The van der Waals surface area contributed by atoms with Gasteiger partial charge in [0.25, 0.3) is 0 Å². The van der Waals surface area contributed by atoms with Crippen LogP contribution in [0.15, 0.2) is 12.1 Å². The van der Waals surface area contributed by atoms with Gasteiger partial charge in [-0.1, -0.05) is 11.6 Å². The minimum atomic E-state index is -0.422. The Morgan fingerprint density at radius 1 is 1.35 bits per heavy atom. The van der Waals surface area contributed by atoms with Gasteiger partial charge in [0, 0.05) is 13.1 Å². The molecule has 7 heteroatoms. The third kappa shape index (κ3) is 3.41. The molecule has 1 aromatic heterocycles. The van der Waals surface area contributed by atoms with Crippen molar-refractivity contribution < 1.29 is 9.53 Å². The van der Waals surface area contributed by atoms with Crippen molar-refractivity contribution in [3.8, 4) is 6.07 Å². The summed E-state index contributed by atoms with van der Waals surface area (Å²) in [5, 5.41) is 9.40. The van der Waals surface area contributed by atoms with Crippen LogP contribution in [0.5, 0.6) is 0 Å². The third-order valence-electron chi connectivity index (χ3n) is 4.70. The molecule has 122 valence electrons. The van der Waals surface area contributed by atoms with E-state index in [-0.39, 0.29) is 17.7 Å². The lowest BCUT2D eigenvalue weighted by Gasteiger charge is -2.35. The molecule has 0 radical (unpaired) electrons. The number of carbonyl (C=O) groups excluding carboxylic acids is 1. The molecule has 3 rings (SSSR count). The monoisotopic (exact) mass is 334 g/mol. The van der Waals surface area contributed by atoms with Gasteiger partial charge in [-0.2, -0.15) is 5.26 Å². The summed E-state index contributed by atoms with van der Waals surface area (Å²) in [6.07, 6.45) is 3.28. The van der Waals surface area contributed by atoms with Gasteiger partial charge in [-0.05, 0) is 43.7 Å². The molecular weight excluding hydrogens is 316 g/mol. The van der Waals surface area contributed by atoms with Gasteiger partial charge in [0.15, 0.2) is 5.69 Å². The molecule has 2 saturated heterocycles. The number of hydrogen-bond donors (Lipinski definition) is 1. The zero-order valence-corrected chi connectivity index (χ0v) is 13.5. The molecule has 1 aromatic rings. The van der Waals surface area contributed by atoms with Crippen LogP contribution in [0, 0.1) is 17.2 Å². The van der Waals surface area contributed by atoms with Crippen LogP contribution >= 0.6 is 11.6 Å². The van der Waals surface area contributed by atoms with Crippen molar-refractivity contribution in [2.45, 2.75) is 37.9 Å². The second-order valence-electron chi connectivity index (χ2n) is 6.08. The zero-order valence-electron chi connectivity index (χ0n) is 12.7. The van der Waals surface area contributed by atoms with Crippen molar-refractivity contribution in [3.05, 3.63) is 22.8 Å². The summed E-state index contributed by atoms with van der Waals surface area (Å²) < 4.78 is 5.79. The SMILES string of the molecule is N#Cc1nc(N2CCC([C@@H]3CC[C@H](C(N)=O)O3)CC2)ccc1Cl. The lowest BCUT2D eigenvalue weighted by Crippen LogP contribution is -2.39. The highest BCUT2D eigenvalue weighted by molar-refractivity contribution is 6.31. The van der Waals surface area contributed by atoms with Crippen molar-refractivity contribution >= 4 is 23.3 Å². The van der Waals surface area contributed by atoms with Crippen LogP contribution in [0.2, 0.25) is 5.02 Å². The lowest BCUT2D eigenvalue weighted by molar-refractivity contribution is -0.130. The predicted octanol–water partition coefficient (Wildman–Crippen LogP) is 1.86. The quantitative estimate of drug-likeness (QED) is 0.910. The first-order valence-corrected chi connectivity index (χ1v) is 8.22. The van der Waals surface area contributed by atoms with E-state index >= 15 is 0 Å². The smallest absolute Gasteiger partial charge is 0.246 e. The minimum absolute atomic E-state index is 0.127. The Morgan fingerprint density at radius 2 is 2.09 bits per heavy atom. The van der Waals surface area contributed by atoms with Crippen LogP contribution in [0.25, 0.3) is 0 Å². The van der Waals surface area contributed by atoms with Crippen LogP contribution in [0.3, 0.4) is 0 Å². The van der Waals surface area contributed by atoms with Crippen LogP contribution in [-0.2, 0) is 9.53 Å². The molecule has 0 aliphatic carbocycles. The average Bonchev–Trinajstić information content (AvgIpc) is 3.06. The number of hydrogen-bond acceptors (Lipinski definition) is 5.